The molecule has 0 unspecified atom stereocenters. The van der Waals surface area contributed by atoms with Crippen LogP contribution in [0, 0.1) is 0 Å². The fourth-order valence-electron chi connectivity index (χ4n) is 2.19. The molecule has 3 aromatic rings. The number of benzene rings is 1. The number of anilines is 1. The SMILES string of the molecule is CCc1nc(-c2cc(NC)ccn2)c2ccccc2n1. The van der Waals surface area contributed by atoms with Crippen molar-refractivity contribution in [1.29, 1.82) is 0 Å². The predicted molar refractivity (Wildman–Crippen MR) is 81.7 cm³/mol. The summed E-state index contributed by atoms with van der Waals surface area (Å²) in [7, 11) is 1.90. The van der Waals surface area contributed by atoms with Crippen LogP contribution in [-0.2, 0) is 6.42 Å². The Morgan fingerprint density at radius 1 is 1.10 bits per heavy atom. The molecular weight excluding hydrogens is 248 g/mol. The minimum absolute atomic E-state index is 0.809. The van der Waals surface area contributed by atoms with Crippen molar-refractivity contribution < 1.29 is 0 Å². The lowest BCUT2D eigenvalue weighted by Gasteiger charge is -2.08. The average Bonchev–Trinajstić information content (AvgIpc) is 2.53. The molecule has 0 radical (unpaired) electrons. The molecule has 1 N–H and O–H groups in total. The Morgan fingerprint density at radius 3 is 2.75 bits per heavy atom. The van der Waals surface area contributed by atoms with E-state index in [-0.39, 0.29) is 0 Å². The maximum atomic E-state index is 4.66. The van der Waals surface area contributed by atoms with Gasteiger partial charge in [-0.25, -0.2) is 9.97 Å². The Hall–Kier alpha value is -2.49. The smallest absolute Gasteiger partial charge is 0.129 e. The van der Waals surface area contributed by atoms with E-state index in [9.17, 15) is 0 Å². The van der Waals surface area contributed by atoms with Gasteiger partial charge in [-0.05, 0) is 18.2 Å². The normalized spacial score (nSPS) is 10.7. The number of hydrogen-bond acceptors (Lipinski definition) is 4. The number of aromatic nitrogens is 3. The number of pyridine rings is 1. The first-order valence-electron chi connectivity index (χ1n) is 6.71. The van der Waals surface area contributed by atoms with Gasteiger partial charge in [0.25, 0.3) is 0 Å². The summed E-state index contributed by atoms with van der Waals surface area (Å²) < 4.78 is 0. The monoisotopic (exact) mass is 264 g/mol. The van der Waals surface area contributed by atoms with E-state index in [1.807, 2.05) is 43.4 Å². The van der Waals surface area contributed by atoms with Crippen molar-refractivity contribution in [2.45, 2.75) is 13.3 Å². The molecule has 2 heterocycles. The molecule has 0 aliphatic carbocycles. The van der Waals surface area contributed by atoms with E-state index in [2.05, 4.69) is 27.2 Å². The minimum atomic E-state index is 0.809. The Kier molecular flexibility index (Phi) is 3.29. The molecule has 0 bridgehead atoms. The minimum Gasteiger partial charge on any atom is -0.388 e. The van der Waals surface area contributed by atoms with Crippen LogP contribution in [0.3, 0.4) is 0 Å². The van der Waals surface area contributed by atoms with Crippen LogP contribution in [-0.4, -0.2) is 22.0 Å². The summed E-state index contributed by atoms with van der Waals surface area (Å²) in [6.45, 7) is 2.06. The Morgan fingerprint density at radius 2 is 1.95 bits per heavy atom. The molecule has 4 heteroatoms. The van der Waals surface area contributed by atoms with Crippen LogP contribution >= 0.6 is 0 Å². The second-order valence-electron chi connectivity index (χ2n) is 4.54. The highest BCUT2D eigenvalue weighted by atomic mass is 14.9. The Bertz CT molecular complexity index is 752. The van der Waals surface area contributed by atoms with Crippen LogP contribution in [0.2, 0.25) is 0 Å². The van der Waals surface area contributed by atoms with Crippen molar-refractivity contribution in [1.82, 2.24) is 15.0 Å². The highest BCUT2D eigenvalue weighted by Gasteiger charge is 2.10. The van der Waals surface area contributed by atoms with Gasteiger partial charge in [-0.2, -0.15) is 0 Å². The topological polar surface area (TPSA) is 50.7 Å². The molecule has 0 amide bonds. The Labute approximate surface area is 117 Å². The second kappa shape index (κ2) is 5.25. The maximum absolute atomic E-state index is 4.66. The van der Waals surface area contributed by atoms with Gasteiger partial charge >= 0.3 is 0 Å². The van der Waals surface area contributed by atoms with Gasteiger partial charge in [-0.15, -0.1) is 0 Å². The predicted octanol–water partition coefficient (Wildman–Crippen LogP) is 3.30. The zero-order chi connectivity index (χ0) is 13.9. The van der Waals surface area contributed by atoms with Gasteiger partial charge in [-0.1, -0.05) is 25.1 Å². The number of fused-ring (bicyclic) bond motifs is 1. The molecular formula is C16H16N4. The number of nitrogens with zero attached hydrogens (tertiary/aromatic N) is 3. The summed E-state index contributed by atoms with van der Waals surface area (Å²) in [5, 5.41) is 4.16. The third-order valence-electron chi connectivity index (χ3n) is 3.26. The van der Waals surface area contributed by atoms with Gasteiger partial charge in [0.1, 0.15) is 11.5 Å². The summed E-state index contributed by atoms with van der Waals surface area (Å²) >= 11 is 0. The molecule has 4 nitrogen and oxygen atoms in total. The van der Waals surface area contributed by atoms with Gasteiger partial charge in [-0.3, -0.25) is 4.98 Å². The number of rotatable bonds is 3. The number of hydrogen-bond donors (Lipinski definition) is 1. The summed E-state index contributed by atoms with van der Waals surface area (Å²) in [4.78, 5) is 13.7. The largest absolute Gasteiger partial charge is 0.388 e. The van der Waals surface area contributed by atoms with Gasteiger partial charge in [0, 0.05) is 30.7 Å². The van der Waals surface area contributed by atoms with E-state index in [0.29, 0.717) is 0 Å². The van der Waals surface area contributed by atoms with Gasteiger partial charge < -0.3 is 5.32 Å². The fraction of sp³-hybridized carbons (Fsp3) is 0.188. The lowest BCUT2D eigenvalue weighted by atomic mass is 10.1. The fourth-order valence-corrected chi connectivity index (χ4v) is 2.19. The maximum Gasteiger partial charge on any atom is 0.129 e. The van der Waals surface area contributed by atoms with Gasteiger partial charge in [0.05, 0.1) is 11.2 Å². The Balaban J connectivity index is 2.28. The highest BCUT2D eigenvalue weighted by molar-refractivity contribution is 5.91. The van der Waals surface area contributed by atoms with Crippen LogP contribution in [0.1, 0.15) is 12.7 Å². The molecule has 100 valence electrons. The quantitative estimate of drug-likeness (QED) is 0.788. The molecule has 2 aromatic heterocycles. The summed E-state index contributed by atoms with van der Waals surface area (Å²) in [6, 6.07) is 12.0. The van der Waals surface area contributed by atoms with Crippen LogP contribution in [0.5, 0.6) is 0 Å². The molecule has 3 rings (SSSR count). The third kappa shape index (κ3) is 2.20. The van der Waals surface area contributed by atoms with Crippen molar-refractivity contribution in [3.8, 4) is 11.4 Å². The number of para-hydroxylation sites is 1. The van der Waals surface area contributed by atoms with E-state index in [1.54, 1.807) is 6.20 Å². The summed E-state index contributed by atoms with van der Waals surface area (Å²) in [5.41, 5.74) is 3.75. The summed E-state index contributed by atoms with van der Waals surface area (Å²) in [6.07, 6.45) is 2.60. The van der Waals surface area contributed by atoms with Crippen LogP contribution in [0.4, 0.5) is 5.69 Å². The zero-order valence-corrected chi connectivity index (χ0v) is 11.6. The van der Waals surface area contributed by atoms with Crippen molar-refractivity contribution in [3.05, 3.63) is 48.4 Å². The third-order valence-corrected chi connectivity index (χ3v) is 3.26. The summed E-state index contributed by atoms with van der Waals surface area (Å²) in [5.74, 6) is 0.843. The van der Waals surface area contributed by atoms with Crippen molar-refractivity contribution >= 4 is 16.6 Å². The van der Waals surface area contributed by atoms with Crippen LogP contribution in [0.15, 0.2) is 42.6 Å². The average molecular weight is 264 g/mol. The molecule has 0 spiro atoms. The number of aryl methyl sites for hydroxylation is 1. The van der Waals surface area contributed by atoms with E-state index in [0.717, 1.165) is 40.2 Å². The van der Waals surface area contributed by atoms with Gasteiger partial charge in [0.15, 0.2) is 0 Å². The molecule has 20 heavy (non-hydrogen) atoms. The van der Waals surface area contributed by atoms with E-state index >= 15 is 0 Å². The zero-order valence-electron chi connectivity index (χ0n) is 11.6. The standard InChI is InChI=1S/C16H16N4/c1-3-15-19-13-7-5-4-6-12(13)16(20-15)14-10-11(17-2)8-9-18-14/h4-10H,3H2,1-2H3,(H,17,18). The molecule has 0 fully saturated rings. The molecule has 0 aliphatic heterocycles. The van der Waals surface area contributed by atoms with Crippen molar-refractivity contribution in [2.24, 2.45) is 0 Å². The van der Waals surface area contributed by atoms with E-state index < -0.39 is 0 Å². The first kappa shape index (κ1) is 12.5. The molecule has 1 aromatic carbocycles. The van der Waals surface area contributed by atoms with E-state index in [1.165, 1.54) is 0 Å². The second-order valence-corrected chi connectivity index (χ2v) is 4.54. The molecule has 0 saturated carbocycles. The van der Waals surface area contributed by atoms with Crippen molar-refractivity contribution in [2.75, 3.05) is 12.4 Å². The lowest BCUT2D eigenvalue weighted by Crippen LogP contribution is -1.99. The highest BCUT2D eigenvalue weighted by Crippen LogP contribution is 2.26. The number of nitrogens with one attached hydrogen (secondary N) is 1. The van der Waals surface area contributed by atoms with Crippen LogP contribution in [0.25, 0.3) is 22.3 Å². The molecule has 0 aliphatic rings. The van der Waals surface area contributed by atoms with E-state index in [4.69, 9.17) is 0 Å². The van der Waals surface area contributed by atoms with Gasteiger partial charge in [0.2, 0.25) is 0 Å². The van der Waals surface area contributed by atoms with Crippen LogP contribution < -0.4 is 5.32 Å². The first-order valence-corrected chi connectivity index (χ1v) is 6.71. The lowest BCUT2D eigenvalue weighted by molar-refractivity contribution is 0.961. The first-order chi connectivity index (χ1) is 9.81. The molecule has 0 atom stereocenters. The van der Waals surface area contributed by atoms with Crippen molar-refractivity contribution in [3.63, 3.8) is 0 Å². The molecule has 0 saturated heterocycles.